The van der Waals surface area contributed by atoms with Crippen molar-refractivity contribution in [1.29, 1.82) is 0 Å². The number of halogens is 3. The topological polar surface area (TPSA) is 118 Å². The lowest BCUT2D eigenvalue weighted by Gasteiger charge is -2.30. The highest BCUT2D eigenvalue weighted by Crippen LogP contribution is 2.31. The van der Waals surface area contributed by atoms with Crippen LogP contribution in [0.5, 0.6) is 0 Å². The maximum Gasteiger partial charge on any atom is 0.331 e. The third kappa shape index (κ3) is 3.90. The molecule has 10 heteroatoms. The first-order valence-corrected chi connectivity index (χ1v) is 8.68. The molecule has 3 rings (SSSR count). The standard InChI is InChI=1S/C17H21F3N6O/c18-13-9-7-23-16(27)12(9)14(8(5-21)6-24-17(19)20)26-15(13)25-11-4-2-1-3-10(11)22/h5-6,10-11,17H,1-4,7,21-22H2,(H,23,27)(H,25,26)/t10-,11+/m0/s1. The minimum absolute atomic E-state index is 0.000167. The van der Waals surface area contributed by atoms with Crippen LogP contribution in [0.2, 0.25) is 0 Å². The number of carbonyl (C=O) groups is 1. The maximum absolute atomic E-state index is 14.9. The van der Waals surface area contributed by atoms with Gasteiger partial charge in [-0.1, -0.05) is 12.8 Å². The molecule has 1 aliphatic heterocycles. The lowest BCUT2D eigenvalue weighted by molar-refractivity contribution is 0.0965. The monoisotopic (exact) mass is 382 g/mol. The number of allylic oxidation sites excluding steroid dienone is 1. The van der Waals surface area contributed by atoms with E-state index in [1.807, 2.05) is 0 Å². The van der Waals surface area contributed by atoms with Crippen LogP contribution in [0.25, 0.3) is 5.57 Å². The molecule has 0 bridgehead atoms. The van der Waals surface area contributed by atoms with Crippen molar-refractivity contribution in [3.05, 3.63) is 28.8 Å². The van der Waals surface area contributed by atoms with Crippen LogP contribution >= 0.6 is 0 Å². The number of nitrogens with zero attached hydrogens (tertiary/aromatic N) is 2. The molecule has 1 amide bonds. The summed E-state index contributed by atoms with van der Waals surface area (Å²) in [5, 5.41) is 5.53. The number of fused-ring (bicyclic) bond motifs is 1. The van der Waals surface area contributed by atoms with Crippen LogP contribution in [0.4, 0.5) is 19.0 Å². The average Bonchev–Trinajstić information content (AvgIpc) is 3.02. The Balaban J connectivity index is 2.04. The summed E-state index contributed by atoms with van der Waals surface area (Å²) in [6.07, 6.45) is 5.37. The molecule has 146 valence electrons. The number of nitrogens with two attached hydrogens (primary N) is 2. The number of amides is 1. The van der Waals surface area contributed by atoms with Crippen molar-refractivity contribution in [2.75, 3.05) is 5.32 Å². The number of aromatic nitrogens is 1. The molecule has 0 aromatic carbocycles. The Morgan fingerprint density at radius 2 is 2.11 bits per heavy atom. The Labute approximate surface area is 154 Å². The molecular weight excluding hydrogens is 361 g/mol. The number of anilines is 1. The van der Waals surface area contributed by atoms with Gasteiger partial charge in [-0.3, -0.25) is 4.79 Å². The van der Waals surface area contributed by atoms with E-state index in [2.05, 4.69) is 20.6 Å². The molecule has 0 spiro atoms. The molecule has 2 atom stereocenters. The number of pyridine rings is 1. The highest BCUT2D eigenvalue weighted by molar-refractivity contribution is 6.14. The van der Waals surface area contributed by atoms with Crippen LogP contribution < -0.4 is 22.1 Å². The van der Waals surface area contributed by atoms with Gasteiger partial charge < -0.3 is 22.1 Å². The first-order chi connectivity index (χ1) is 12.9. The summed E-state index contributed by atoms with van der Waals surface area (Å²) in [6, 6.07) is -0.321. The number of carbonyl (C=O) groups excluding carboxylic acids is 1. The lowest BCUT2D eigenvalue weighted by atomic mass is 9.91. The van der Waals surface area contributed by atoms with E-state index in [1.54, 1.807) is 0 Å². The van der Waals surface area contributed by atoms with Gasteiger partial charge in [0.15, 0.2) is 11.6 Å². The molecule has 1 saturated carbocycles. The van der Waals surface area contributed by atoms with Crippen molar-refractivity contribution < 1.29 is 18.0 Å². The molecule has 1 fully saturated rings. The predicted molar refractivity (Wildman–Crippen MR) is 95.9 cm³/mol. The summed E-state index contributed by atoms with van der Waals surface area (Å²) in [7, 11) is 0. The highest BCUT2D eigenvalue weighted by Gasteiger charge is 2.32. The zero-order valence-corrected chi connectivity index (χ0v) is 14.5. The van der Waals surface area contributed by atoms with Gasteiger partial charge in [-0.15, -0.1) is 0 Å². The van der Waals surface area contributed by atoms with Gasteiger partial charge in [-0.05, 0) is 12.8 Å². The van der Waals surface area contributed by atoms with E-state index in [4.69, 9.17) is 11.5 Å². The second-order valence-corrected chi connectivity index (χ2v) is 6.54. The first-order valence-electron chi connectivity index (χ1n) is 8.68. The Bertz CT molecular complexity index is 795. The Hall–Kier alpha value is -2.62. The molecule has 7 nitrogen and oxygen atoms in total. The van der Waals surface area contributed by atoms with Crippen molar-refractivity contribution >= 4 is 23.5 Å². The smallest absolute Gasteiger partial charge is 0.331 e. The van der Waals surface area contributed by atoms with Gasteiger partial charge >= 0.3 is 6.55 Å². The summed E-state index contributed by atoms with van der Waals surface area (Å²) >= 11 is 0. The lowest BCUT2D eigenvalue weighted by Crippen LogP contribution is -2.43. The Kier molecular flexibility index (Phi) is 5.64. The second kappa shape index (κ2) is 7.95. The van der Waals surface area contributed by atoms with Gasteiger partial charge in [-0.25, -0.2) is 14.4 Å². The molecule has 27 heavy (non-hydrogen) atoms. The number of rotatable bonds is 5. The minimum atomic E-state index is -2.94. The number of hydrogen-bond donors (Lipinski definition) is 4. The zero-order valence-electron chi connectivity index (χ0n) is 14.5. The van der Waals surface area contributed by atoms with E-state index >= 15 is 0 Å². The highest BCUT2D eigenvalue weighted by atomic mass is 19.3. The van der Waals surface area contributed by atoms with Crippen LogP contribution in [0.1, 0.15) is 47.3 Å². The zero-order chi connectivity index (χ0) is 19.6. The first kappa shape index (κ1) is 19.2. The van der Waals surface area contributed by atoms with Gasteiger partial charge in [0.2, 0.25) is 0 Å². The van der Waals surface area contributed by atoms with Crippen molar-refractivity contribution in [2.24, 2.45) is 16.5 Å². The fourth-order valence-electron chi connectivity index (χ4n) is 3.42. The van der Waals surface area contributed by atoms with Crippen LogP contribution in [0.3, 0.4) is 0 Å². The average molecular weight is 382 g/mol. The largest absolute Gasteiger partial charge is 0.404 e. The number of hydrogen-bond acceptors (Lipinski definition) is 6. The molecule has 1 aromatic rings. The molecule has 1 aromatic heterocycles. The van der Waals surface area contributed by atoms with E-state index in [0.29, 0.717) is 0 Å². The molecule has 0 unspecified atom stereocenters. The summed E-state index contributed by atoms with van der Waals surface area (Å²) in [5.74, 6) is -1.28. The minimum Gasteiger partial charge on any atom is -0.404 e. The normalized spacial score (nSPS) is 23.0. The molecular formula is C17H21F3N6O. The molecule has 6 N–H and O–H groups in total. The SMILES string of the molecule is NC=C(C=NC(F)F)c1nc(N[C@@H]2CCCC[C@@H]2N)c(F)c2c1C(=O)NC2. The Morgan fingerprint density at radius 1 is 1.37 bits per heavy atom. The third-order valence-corrected chi connectivity index (χ3v) is 4.81. The van der Waals surface area contributed by atoms with E-state index in [1.165, 1.54) is 0 Å². The molecule has 1 aliphatic carbocycles. The molecule has 0 radical (unpaired) electrons. The summed E-state index contributed by atoms with van der Waals surface area (Å²) in [5.41, 5.74) is 11.7. The van der Waals surface area contributed by atoms with Crippen LogP contribution in [0, 0.1) is 5.82 Å². The van der Waals surface area contributed by atoms with Crippen molar-refractivity contribution in [3.63, 3.8) is 0 Å². The van der Waals surface area contributed by atoms with Gasteiger partial charge in [0.1, 0.15) is 0 Å². The fraction of sp³-hybridized carbons (Fsp3) is 0.471. The van der Waals surface area contributed by atoms with Gasteiger partial charge in [-0.2, -0.15) is 8.78 Å². The summed E-state index contributed by atoms with van der Waals surface area (Å²) in [4.78, 5) is 19.3. The van der Waals surface area contributed by atoms with Crippen molar-refractivity contribution in [3.8, 4) is 0 Å². The summed E-state index contributed by atoms with van der Waals surface area (Å²) in [6.45, 7) is -2.97. The number of nitrogens with one attached hydrogen (secondary N) is 2. The molecule has 2 aliphatic rings. The molecule has 2 heterocycles. The second-order valence-electron chi connectivity index (χ2n) is 6.54. The van der Waals surface area contributed by atoms with Crippen molar-refractivity contribution in [1.82, 2.24) is 10.3 Å². The third-order valence-electron chi connectivity index (χ3n) is 4.81. The van der Waals surface area contributed by atoms with E-state index in [-0.39, 0.29) is 46.8 Å². The molecule has 0 saturated heterocycles. The number of aliphatic imine (C=N–C) groups is 1. The maximum atomic E-state index is 14.9. The van der Waals surface area contributed by atoms with Crippen LogP contribution in [0.15, 0.2) is 11.2 Å². The van der Waals surface area contributed by atoms with Crippen molar-refractivity contribution in [2.45, 2.75) is 50.9 Å². The van der Waals surface area contributed by atoms with Gasteiger partial charge in [0.05, 0.1) is 11.3 Å². The van der Waals surface area contributed by atoms with E-state index < -0.39 is 18.3 Å². The quantitative estimate of drug-likeness (QED) is 0.457. The van der Waals surface area contributed by atoms with Gasteiger partial charge in [0, 0.05) is 42.2 Å². The van der Waals surface area contributed by atoms with Gasteiger partial charge in [0.25, 0.3) is 5.91 Å². The Morgan fingerprint density at radius 3 is 2.78 bits per heavy atom. The summed E-state index contributed by atoms with van der Waals surface area (Å²) < 4.78 is 39.8. The van der Waals surface area contributed by atoms with Crippen LogP contribution in [-0.2, 0) is 6.54 Å². The van der Waals surface area contributed by atoms with Crippen LogP contribution in [-0.4, -0.2) is 35.7 Å². The van der Waals surface area contributed by atoms with E-state index in [0.717, 1.165) is 38.1 Å². The predicted octanol–water partition coefficient (Wildman–Crippen LogP) is 1.74. The van der Waals surface area contributed by atoms with E-state index in [9.17, 15) is 18.0 Å². The fourth-order valence-corrected chi connectivity index (χ4v) is 3.42. The number of alkyl halides is 2.